The van der Waals surface area contributed by atoms with Gasteiger partial charge in [-0.3, -0.25) is 0 Å². The first-order valence-corrected chi connectivity index (χ1v) is 6.76. The Bertz CT molecular complexity index is 651. The molecule has 0 aliphatic carbocycles. The van der Waals surface area contributed by atoms with Gasteiger partial charge in [-0.1, -0.05) is 60.7 Å². The van der Waals surface area contributed by atoms with Crippen LogP contribution in [0.15, 0.2) is 72.8 Å². The van der Waals surface area contributed by atoms with Gasteiger partial charge in [0.1, 0.15) is 0 Å². The molecule has 0 aliphatic heterocycles. The Kier molecular flexibility index (Phi) is 3.26. The molecule has 3 aromatic carbocycles. The third-order valence-electron chi connectivity index (χ3n) is 3.58. The summed E-state index contributed by atoms with van der Waals surface area (Å²) in [6.07, 6.45) is 0. The number of benzene rings is 3. The van der Waals surface area contributed by atoms with Gasteiger partial charge < -0.3 is 5.73 Å². The molecule has 0 fully saturated rings. The summed E-state index contributed by atoms with van der Waals surface area (Å²) in [4.78, 5) is 0. The van der Waals surface area contributed by atoms with Gasteiger partial charge in [0.05, 0.1) is 0 Å². The fourth-order valence-corrected chi connectivity index (χ4v) is 2.44. The van der Waals surface area contributed by atoms with E-state index in [0.29, 0.717) is 0 Å². The zero-order chi connectivity index (χ0) is 13.9. The normalized spacial score (nSPS) is 10.4. The van der Waals surface area contributed by atoms with Crippen molar-refractivity contribution in [1.29, 1.82) is 0 Å². The smallest absolute Gasteiger partial charge is 0.0350 e. The maximum Gasteiger partial charge on any atom is 0.0350 e. The van der Waals surface area contributed by atoms with Crippen molar-refractivity contribution in [2.45, 2.75) is 6.92 Å². The summed E-state index contributed by atoms with van der Waals surface area (Å²) in [7, 11) is 0. The van der Waals surface area contributed by atoms with Gasteiger partial charge in [0.25, 0.3) is 0 Å². The zero-order valence-electron chi connectivity index (χ0n) is 11.5. The van der Waals surface area contributed by atoms with Crippen molar-refractivity contribution in [2.75, 3.05) is 5.73 Å². The van der Waals surface area contributed by atoms with Gasteiger partial charge in [-0.15, -0.1) is 0 Å². The van der Waals surface area contributed by atoms with Crippen molar-refractivity contribution in [1.82, 2.24) is 0 Å². The maximum absolute atomic E-state index is 6.10. The first-order valence-electron chi connectivity index (χ1n) is 6.76. The molecule has 0 radical (unpaired) electrons. The number of anilines is 1. The lowest BCUT2D eigenvalue weighted by Crippen LogP contribution is -1.93. The molecular weight excluding hydrogens is 242 g/mol. The molecule has 2 N–H and O–H groups in total. The molecule has 1 nitrogen and oxygen atoms in total. The second-order valence-electron chi connectivity index (χ2n) is 4.99. The molecule has 0 amide bonds. The minimum absolute atomic E-state index is 0.837. The average molecular weight is 259 g/mol. The molecule has 1 heteroatoms. The molecule has 0 atom stereocenters. The third kappa shape index (κ3) is 2.30. The predicted octanol–water partition coefficient (Wildman–Crippen LogP) is 4.91. The number of hydrogen-bond donors (Lipinski definition) is 1. The molecule has 0 spiro atoms. The molecule has 0 bridgehead atoms. The van der Waals surface area contributed by atoms with Crippen molar-refractivity contribution in [3.8, 4) is 22.3 Å². The Morgan fingerprint density at radius 3 is 1.60 bits per heavy atom. The van der Waals surface area contributed by atoms with E-state index in [1.54, 1.807) is 0 Å². The highest BCUT2D eigenvalue weighted by molar-refractivity contribution is 5.86. The number of aryl methyl sites for hydroxylation is 1. The molecule has 0 aliphatic rings. The molecule has 0 saturated carbocycles. The highest BCUT2D eigenvalue weighted by Crippen LogP contribution is 2.35. The van der Waals surface area contributed by atoms with Crippen LogP contribution in [0.25, 0.3) is 22.3 Å². The van der Waals surface area contributed by atoms with Crippen LogP contribution >= 0.6 is 0 Å². The fraction of sp³-hybridized carbons (Fsp3) is 0.0526. The summed E-state index contributed by atoms with van der Waals surface area (Å²) in [6, 6.07) is 25.1. The van der Waals surface area contributed by atoms with E-state index < -0.39 is 0 Å². The maximum atomic E-state index is 6.10. The molecule has 3 aromatic rings. The summed E-state index contributed by atoms with van der Waals surface area (Å²) in [5, 5.41) is 0. The van der Waals surface area contributed by atoms with E-state index in [4.69, 9.17) is 5.73 Å². The van der Waals surface area contributed by atoms with Crippen LogP contribution in [0, 0.1) is 6.92 Å². The lowest BCUT2D eigenvalue weighted by atomic mass is 9.92. The lowest BCUT2D eigenvalue weighted by molar-refractivity contribution is 1.46. The highest BCUT2D eigenvalue weighted by Gasteiger charge is 2.09. The van der Waals surface area contributed by atoms with Gasteiger partial charge in [-0.2, -0.15) is 0 Å². The number of nitrogen functional groups attached to an aromatic ring is 1. The number of nitrogens with two attached hydrogens (primary N) is 1. The van der Waals surface area contributed by atoms with Gasteiger partial charge in [0.15, 0.2) is 0 Å². The fourth-order valence-electron chi connectivity index (χ4n) is 2.44. The number of rotatable bonds is 2. The Morgan fingerprint density at radius 1 is 0.650 bits per heavy atom. The lowest BCUT2D eigenvalue weighted by Gasteiger charge is -2.13. The molecule has 20 heavy (non-hydrogen) atoms. The van der Waals surface area contributed by atoms with Crippen LogP contribution in [-0.2, 0) is 0 Å². The van der Waals surface area contributed by atoms with Crippen LogP contribution in [-0.4, -0.2) is 0 Å². The SMILES string of the molecule is Cc1cc(-c2ccccc2)c(-c2ccccc2)cc1N. The van der Waals surface area contributed by atoms with E-state index >= 15 is 0 Å². The molecular formula is C19H17N. The zero-order valence-corrected chi connectivity index (χ0v) is 11.5. The van der Waals surface area contributed by atoms with E-state index in [1.807, 2.05) is 12.1 Å². The highest BCUT2D eigenvalue weighted by atomic mass is 14.6. The average Bonchev–Trinajstić information content (AvgIpc) is 2.51. The Labute approximate surface area is 119 Å². The topological polar surface area (TPSA) is 26.0 Å². The van der Waals surface area contributed by atoms with Gasteiger partial charge in [-0.25, -0.2) is 0 Å². The summed E-state index contributed by atoms with van der Waals surface area (Å²) in [6.45, 7) is 2.05. The van der Waals surface area contributed by atoms with Gasteiger partial charge >= 0.3 is 0 Å². The number of hydrogen-bond acceptors (Lipinski definition) is 1. The van der Waals surface area contributed by atoms with Crippen LogP contribution in [0.3, 0.4) is 0 Å². The Morgan fingerprint density at radius 2 is 1.10 bits per heavy atom. The first kappa shape index (κ1) is 12.5. The van der Waals surface area contributed by atoms with E-state index in [-0.39, 0.29) is 0 Å². The summed E-state index contributed by atoms with van der Waals surface area (Å²) in [5.74, 6) is 0. The van der Waals surface area contributed by atoms with E-state index in [9.17, 15) is 0 Å². The van der Waals surface area contributed by atoms with Crippen LogP contribution in [0.2, 0.25) is 0 Å². The molecule has 0 unspecified atom stereocenters. The van der Waals surface area contributed by atoms with Gasteiger partial charge in [0.2, 0.25) is 0 Å². The summed E-state index contributed by atoms with van der Waals surface area (Å²) in [5.41, 5.74) is 12.9. The molecule has 0 saturated heterocycles. The summed E-state index contributed by atoms with van der Waals surface area (Å²) < 4.78 is 0. The second-order valence-corrected chi connectivity index (χ2v) is 4.99. The van der Waals surface area contributed by atoms with Crippen molar-refractivity contribution in [3.05, 3.63) is 78.4 Å². The molecule has 0 aromatic heterocycles. The third-order valence-corrected chi connectivity index (χ3v) is 3.58. The standard InChI is InChI=1S/C19H17N/c1-14-12-17(15-8-4-2-5-9-15)18(13-19(14)20)16-10-6-3-7-11-16/h2-13H,20H2,1H3. The van der Waals surface area contributed by atoms with E-state index in [2.05, 4.69) is 67.6 Å². The Balaban J connectivity index is 2.26. The second kappa shape index (κ2) is 5.22. The first-order chi connectivity index (χ1) is 9.75. The predicted molar refractivity (Wildman–Crippen MR) is 86.5 cm³/mol. The van der Waals surface area contributed by atoms with Gasteiger partial charge in [-0.05, 0) is 46.9 Å². The monoisotopic (exact) mass is 259 g/mol. The van der Waals surface area contributed by atoms with Crippen molar-refractivity contribution in [2.24, 2.45) is 0 Å². The molecule has 0 heterocycles. The minimum Gasteiger partial charge on any atom is -0.398 e. The van der Waals surface area contributed by atoms with Gasteiger partial charge in [0, 0.05) is 5.69 Å². The van der Waals surface area contributed by atoms with Crippen LogP contribution in [0.4, 0.5) is 5.69 Å². The largest absolute Gasteiger partial charge is 0.398 e. The Hall–Kier alpha value is -2.54. The van der Waals surface area contributed by atoms with Crippen LogP contribution in [0.1, 0.15) is 5.56 Å². The summed E-state index contributed by atoms with van der Waals surface area (Å²) >= 11 is 0. The molecule has 98 valence electrons. The van der Waals surface area contributed by atoms with Crippen LogP contribution < -0.4 is 5.73 Å². The quantitative estimate of drug-likeness (QED) is 0.650. The van der Waals surface area contributed by atoms with E-state index in [1.165, 1.54) is 22.3 Å². The van der Waals surface area contributed by atoms with Crippen molar-refractivity contribution < 1.29 is 0 Å². The molecule has 3 rings (SSSR count). The minimum atomic E-state index is 0.837. The van der Waals surface area contributed by atoms with Crippen molar-refractivity contribution in [3.63, 3.8) is 0 Å². The van der Waals surface area contributed by atoms with Crippen LogP contribution in [0.5, 0.6) is 0 Å². The van der Waals surface area contributed by atoms with Crippen molar-refractivity contribution >= 4 is 5.69 Å². The van der Waals surface area contributed by atoms with E-state index in [0.717, 1.165) is 11.3 Å².